The molecule has 2 aromatic heterocycles. The average molecular weight is 363 g/mol. The Balaban J connectivity index is 2.18. The average Bonchev–Trinajstić information content (AvgIpc) is 2.64. The van der Waals surface area contributed by atoms with Crippen molar-refractivity contribution < 1.29 is 9.13 Å². The van der Waals surface area contributed by atoms with E-state index in [0.29, 0.717) is 11.1 Å². The van der Waals surface area contributed by atoms with Gasteiger partial charge in [0.05, 0.1) is 5.56 Å². The van der Waals surface area contributed by atoms with E-state index in [2.05, 4.69) is 15.0 Å². The van der Waals surface area contributed by atoms with E-state index >= 15 is 4.39 Å². The first-order valence-corrected chi connectivity index (χ1v) is 8.25. The molecule has 0 saturated carbocycles. The Morgan fingerprint density at radius 2 is 1.85 bits per heavy atom. The summed E-state index contributed by atoms with van der Waals surface area (Å²) < 4.78 is 21.2. The molecule has 0 radical (unpaired) electrons. The van der Waals surface area contributed by atoms with Crippen LogP contribution in [0.5, 0.6) is 11.8 Å². The van der Waals surface area contributed by atoms with Crippen molar-refractivity contribution in [3.05, 3.63) is 59.8 Å². The maximum Gasteiger partial charge on any atom is 0.321 e. The SMILES string of the molecule is CC(C)(C)c1ccc(-c2cnc(N)c(C#N)c2)c(F)c1Oc1ncccn1. The third kappa shape index (κ3) is 3.70. The van der Waals surface area contributed by atoms with Gasteiger partial charge in [-0.2, -0.15) is 5.26 Å². The number of ether oxygens (including phenoxy) is 1. The highest BCUT2D eigenvalue weighted by Gasteiger charge is 2.25. The maximum atomic E-state index is 15.4. The zero-order valence-electron chi connectivity index (χ0n) is 15.2. The largest absolute Gasteiger partial charge is 0.421 e. The molecule has 1 aromatic carbocycles. The van der Waals surface area contributed by atoms with Gasteiger partial charge in [0.1, 0.15) is 11.9 Å². The van der Waals surface area contributed by atoms with Crippen molar-refractivity contribution in [2.24, 2.45) is 0 Å². The van der Waals surface area contributed by atoms with Crippen LogP contribution in [-0.4, -0.2) is 15.0 Å². The molecule has 0 unspecified atom stereocenters. The van der Waals surface area contributed by atoms with Gasteiger partial charge in [-0.1, -0.05) is 32.9 Å². The minimum absolute atomic E-state index is 0.0431. The molecule has 0 aliphatic carbocycles. The first kappa shape index (κ1) is 18.3. The van der Waals surface area contributed by atoms with E-state index in [9.17, 15) is 0 Å². The van der Waals surface area contributed by atoms with E-state index in [1.165, 1.54) is 24.7 Å². The molecule has 2 heterocycles. The highest BCUT2D eigenvalue weighted by atomic mass is 19.1. The molecule has 6 nitrogen and oxygen atoms in total. The monoisotopic (exact) mass is 363 g/mol. The number of hydrogen-bond acceptors (Lipinski definition) is 6. The lowest BCUT2D eigenvalue weighted by molar-refractivity contribution is 0.394. The van der Waals surface area contributed by atoms with Crippen molar-refractivity contribution in [1.29, 1.82) is 5.26 Å². The second-order valence-corrected chi connectivity index (χ2v) is 6.96. The minimum Gasteiger partial charge on any atom is -0.421 e. The smallest absolute Gasteiger partial charge is 0.321 e. The highest BCUT2D eigenvalue weighted by molar-refractivity contribution is 5.70. The summed E-state index contributed by atoms with van der Waals surface area (Å²) >= 11 is 0. The van der Waals surface area contributed by atoms with Gasteiger partial charge in [0.2, 0.25) is 0 Å². The van der Waals surface area contributed by atoms with Crippen molar-refractivity contribution in [3.8, 4) is 29.0 Å². The van der Waals surface area contributed by atoms with Crippen molar-refractivity contribution in [2.45, 2.75) is 26.2 Å². The third-order valence-corrected chi connectivity index (χ3v) is 3.99. The number of nitrogen functional groups attached to an aromatic ring is 1. The van der Waals surface area contributed by atoms with E-state index in [1.807, 2.05) is 26.8 Å². The molecule has 27 heavy (non-hydrogen) atoms. The van der Waals surface area contributed by atoms with E-state index in [0.717, 1.165) is 0 Å². The van der Waals surface area contributed by atoms with Crippen LogP contribution in [0, 0.1) is 17.1 Å². The minimum atomic E-state index is -0.578. The Labute approximate surface area is 156 Å². The number of benzene rings is 1. The highest BCUT2D eigenvalue weighted by Crippen LogP contribution is 2.39. The molecule has 0 saturated heterocycles. The predicted molar refractivity (Wildman–Crippen MR) is 99.6 cm³/mol. The van der Waals surface area contributed by atoms with Crippen molar-refractivity contribution in [3.63, 3.8) is 0 Å². The summed E-state index contributed by atoms with van der Waals surface area (Å²) in [6.07, 6.45) is 4.46. The fourth-order valence-electron chi connectivity index (χ4n) is 2.61. The Kier molecular flexibility index (Phi) is 4.74. The summed E-state index contributed by atoms with van der Waals surface area (Å²) in [6.45, 7) is 5.87. The molecule has 0 aliphatic rings. The Bertz CT molecular complexity index is 1020. The van der Waals surface area contributed by atoms with Crippen LogP contribution in [0.25, 0.3) is 11.1 Å². The first-order valence-electron chi connectivity index (χ1n) is 8.25. The molecule has 0 spiro atoms. The lowest BCUT2D eigenvalue weighted by atomic mass is 9.85. The molecule has 0 bridgehead atoms. The van der Waals surface area contributed by atoms with Crippen LogP contribution < -0.4 is 10.5 Å². The van der Waals surface area contributed by atoms with Gasteiger partial charge in [0.25, 0.3) is 0 Å². The zero-order valence-corrected chi connectivity index (χ0v) is 15.2. The number of nitriles is 1. The molecule has 0 amide bonds. The first-order chi connectivity index (χ1) is 12.8. The van der Waals surface area contributed by atoms with Gasteiger partial charge >= 0.3 is 6.01 Å². The molecular formula is C20H18FN5O. The summed E-state index contributed by atoms with van der Waals surface area (Å²) in [4.78, 5) is 12.0. The van der Waals surface area contributed by atoms with Gasteiger partial charge in [-0.05, 0) is 17.5 Å². The van der Waals surface area contributed by atoms with Crippen molar-refractivity contribution in [2.75, 3.05) is 5.73 Å². The number of pyridine rings is 1. The number of halogens is 1. The van der Waals surface area contributed by atoms with Gasteiger partial charge in [-0.3, -0.25) is 0 Å². The van der Waals surface area contributed by atoms with Gasteiger partial charge in [-0.25, -0.2) is 19.3 Å². The Morgan fingerprint density at radius 3 is 2.48 bits per heavy atom. The fraction of sp³-hybridized carbons (Fsp3) is 0.200. The summed E-state index contributed by atoms with van der Waals surface area (Å²) in [7, 11) is 0. The molecule has 0 aliphatic heterocycles. The third-order valence-electron chi connectivity index (χ3n) is 3.99. The molecular weight excluding hydrogens is 345 g/mol. The van der Waals surface area contributed by atoms with Crippen molar-refractivity contribution >= 4 is 5.82 Å². The second-order valence-electron chi connectivity index (χ2n) is 6.96. The lowest BCUT2D eigenvalue weighted by Gasteiger charge is -2.23. The predicted octanol–water partition coefficient (Wildman–Crippen LogP) is 4.22. The van der Waals surface area contributed by atoms with Gasteiger partial charge in [-0.15, -0.1) is 0 Å². The molecule has 136 valence electrons. The number of nitrogens with two attached hydrogens (primary N) is 1. The number of rotatable bonds is 3. The number of aromatic nitrogens is 3. The fourth-order valence-corrected chi connectivity index (χ4v) is 2.61. The molecule has 0 fully saturated rings. The number of anilines is 1. The van der Waals surface area contributed by atoms with Crippen LogP contribution in [0.4, 0.5) is 10.2 Å². The zero-order chi connectivity index (χ0) is 19.6. The molecule has 3 rings (SSSR count). The number of nitrogens with zero attached hydrogens (tertiary/aromatic N) is 4. The van der Waals surface area contributed by atoms with Crippen LogP contribution in [0.2, 0.25) is 0 Å². The van der Waals surface area contributed by atoms with E-state index in [1.54, 1.807) is 18.2 Å². The van der Waals surface area contributed by atoms with Gasteiger partial charge in [0, 0.05) is 35.3 Å². The van der Waals surface area contributed by atoms with Crippen molar-refractivity contribution in [1.82, 2.24) is 15.0 Å². The standard InChI is InChI=1S/C20H18FN5O/c1-20(2,3)15-6-5-14(13-9-12(10-22)18(23)26-11-13)16(21)17(15)27-19-24-7-4-8-25-19/h4-9,11H,1-3H3,(H2,23,26). The second kappa shape index (κ2) is 7.00. The topological polar surface area (TPSA) is 97.7 Å². The van der Waals surface area contributed by atoms with Crippen LogP contribution in [0.1, 0.15) is 31.9 Å². The summed E-state index contributed by atoms with van der Waals surface area (Å²) in [5.41, 5.74) is 6.81. The number of hydrogen-bond donors (Lipinski definition) is 1. The van der Waals surface area contributed by atoms with Crippen LogP contribution in [0.3, 0.4) is 0 Å². The summed E-state index contributed by atoms with van der Waals surface area (Å²) in [5.74, 6) is -0.436. The summed E-state index contributed by atoms with van der Waals surface area (Å²) in [6, 6.07) is 8.58. The van der Waals surface area contributed by atoms with Gasteiger partial charge in [0.15, 0.2) is 11.6 Å². The van der Waals surface area contributed by atoms with Crippen LogP contribution in [-0.2, 0) is 5.41 Å². The van der Waals surface area contributed by atoms with Crippen LogP contribution in [0.15, 0.2) is 42.9 Å². The van der Waals surface area contributed by atoms with Gasteiger partial charge < -0.3 is 10.5 Å². The van der Waals surface area contributed by atoms with E-state index in [-0.39, 0.29) is 34.1 Å². The summed E-state index contributed by atoms with van der Waals surface area (Å²) in [5, 5.41) is 9.15. The normalized spacial score (nSPS) is 11.1. The molecule has 0 atom stereocenters. The van der Waals surface area contributed by atoms with Crippen LogP contribution >= 0.6 is 0 Å². The van der Waals surface area contributed by atoms with E-state index in [4.69, 9.17) is 15.7 Å². The molecule has 2 N–H and O–H groups in total. The maximum absolute atomic E-state index is 15.4. The van der Waals surface area contributed by atoms with E-state index < -0.39 is 5.82 Å². The molecule has 7 heteroatoms. The Morgan fingerprint density at radius 1 is 1.15 bits per heavy atom. The Hall–Kier alpha value is -3.53. The quantitative estimate of drug-likeness (QED) is 0.748. The lowest BCUT2D eigenvalue weighted by Crippen LogP contribution is -2.14. The molecule has 3 aromatic rings.